The van der Waals surface area contributed by atoms with Gasteiger partial charge >= 0.3 is 0 Å². The van der Waals surface area contributed by atoms with Crippen molar-refractivity contribution in [2.24, 2.45) is 0 Å². The summed E-state index contributed by atoms with van der Waals surface area (Å²) in [6.45, 7) is 6.72. The van der Waals surface area contributed by atoms with E-state index < -0.39 is 0 Å². The van der Waals surface area contributed by atoms with Crippen molar-refractivity contribution in [3.63, 3.8) is 0 Å². The van der Waals surface area contributed by atoms with Gasteiger partial charge in [0.25, 0.3) is 0 Å². The van der Waals surface area contributed by atoms with Crippen molar-refractivity contribution in [2.75, 3.05) is 17.2 Å². The van der Waals surface area contributed by atoms with Crippen LogP contribution in [0.15, 0.2) is 22.8 Å². The van der Waals surface area contributed by atoms with E-state index >= 15 is 0 Å². The first kappa shape index (κ1) is 15.7. The molecule has 0 aliphatic heterocycles. The highest BCUT2D eigenvalue weighted by Gasteiger charge is 2.09. The minimum absolute atomic E-state index is 0.306. The highest BCUT2D eigenvalue weighted by Crippen LogP contribution is 2.27. The first-order chi connectivity index (χ1) is 10.0. The highest BCUT2D eigenvalue weighted by molar-refractivity contribution is 9.10. The van der Waals surface area contributed by atoms with E-state index in [1.165, 1.54) is 6.07 Å². The lowest BCUT2D eigenvalue weighted by Crippen LogP contribution is -2.07. The van der Waals surface area contributed by atoms with Crippen LogP contribution in [0.4, 0.5) is 21.8 Å². The summed E-state index contributed by atoms with van der Waals surface area (Å²) in [6, 6.07) is 3.20. The van der Waals surface area contributed by atoms with Crippen LogP contribution in [0.5, 0.6) is 0 Å². The molecule has 0 unspecified atom stereocenters. The molecule has 1 heterocycles. The van der Waals surface area contributed by atoms with E-state index in [4.69, 9.17) is 0 Å². The number of anilines is 3. The summed E-state index contributed by atoms with van der Waals surface area (Å²) >= 11 is 3.18. The summed E-state index contributed by atoms with van der Waals surface area (Å²) in [7, 11) is 0. The molecule has 2 N–H and O–H groups in total. The molecule has 0 aliphatic carbocycles. The molecule has 0 spiro atoms. The van der Waals surface area contributed by atoms with Crippen molar-refractivity contribution in [1.82, 2.24) is 9.97 Å². The van der Waals surface area contributed by atoms with Crippen molar-refractivity contribution in [1.29, 1.82) is 0 Å². The monoisotopic (exact) mass is 352 g/mol. The fourth-order valence-electron chi connectivity index (χ4n) is 1.80. The molecule has 0 fully saturated rings. The van der Waals surface area contributed by atoms with Crippen LogP contribution in [-0.2, 0) is 0 Å². The van der Waals surface area contributed by atoms with E-state index in [-0.39, 0.29) is 5.82 Å². The van der Waals surface area contributed by atoms with E-state index in [0.29, 0.717) is 21.9 Å². The van der Waals surface area contributed by atoms with Crippen LogP contribution in [0, 0.1) is 19.7 Å². The molecule has 0 amide bonds. The van der Waals surface area contributed by atoms with Crippen molar-refractivity contribution in [2.45, 2.75) is 27.2 Å². The lowest BCUT2D eigenvalue weighted by atomic mass is 10.2. The van der Waals surface area contributed by atoms with Crippen LogP contribution >= 0.6 is 15.9 Å². The van der Waals surface area contributed by atoms with Gasteiger partial charge in [-0.05, 0) is 53.9 Å². The van der Waals surface area contributed by atoms with Crippen LogP contribution in [0.25, 0.3) is 0 Å². The van der Waals surface area contributed by atoms with Gasteiger partial charge in [-0.1, -0.05) is 6.92 Å². The Labute approximate surface area is 132 Å². The minimum Gasteiger partial charge on any atom is -0.354 e. The molecule has 112 valence electrons. The number of benzene rings is 1. The third kappa shape index (κ3) is 3.91. The fourth-order valence-corrected chi connectivity index (χ4v) is 2.26. The Morgan fingerprint density at radius 1 is 1.24 bits per heavy atom. The van der Waals surface area contributed by atoms with Gasteiger partial charge in [0.2, 0.25) is 5.95 Å². The molecular formula is C15H18BrFN4. The molecule has 0 saturated heterocycles. The fraction of sp³-hybridized carbons (Fsp3) is 0.333. The number of nitrogens with one attached hydrogen (secondary N) is 2. The summed E-state index contributed by atoms with van der Waals surface area (Å²) in [5, 5.41) is 6.31. The predicted molar refractivity (Wildman–Crippen MR) is 87.7 cm³/mol. The maximum atomic E-state index is 13.7. The Kier molecular flexibility index (Phi) is 5.12. The Morgan fingerprint density at radius 3 is 2.71 bits per heavy atom. The van der Waals surface area contributed by atoms with Crippen molar-refractivity contribution >= 4 is 33.4 Å². The molecule has 2 rings (SSSR count). The Hall–Kier alpha value is -1.69. The minimum atomic E-state index is -0.306. The highest BCUT2D eigenvalue weighted by atomic mass is 79.9. The summed E-state index contributed by atoms with van der Waals surface area (Å²) in [5.74, 6) is 0.938. The molecule has 0 atom stereocenters. The van der Waals surface area contributed by atoms with Gasteiger partial charge in [0.1, 0.15) is 11.6 Å². The normalized spacial score (nSPS) is 10.5. The van der Waals surface area contributed by atoms with Gasteiger partial charge in [0.15, 0.2) is 0 Å². The first-order valence-corrected chi connectivity index (χ1v) is 7.60. The molecule has 4 nitrogen and oxygen atoms in total. The van der Waals surface area contributed by atoms with Crippen molar-refractivity contribution < 1.29 is 4.39 Å². The van der Waals surface area contributed by atoms with Gasteiger partial charge in [-0.3, -0.25) is 0 Å². The molecule has 21 heavy (non-hydrogen) atoms. The van der Waals surface area contributed by atoms with Crippen molar-refractivity contribution in [3.05, 3.63) is 39.7 Å². The third-order valence-electron chi connectivity index (χ3n) is 3.03. The molecule has 0 saturated carbocycles. The standard InChI is InChI=1S/C15H18BrFN4/c1-4-5-18-15-19-8-10(3)14(21-15)20-13-7-12(17)11(16)6-9(13)2/h6-8H,4-5H2,1-3H3,(H2,18,19,20,21). The summed E-state index contributed by atoms with van der Waals surface area (Å²) in [4.78, 5) is 8.66. The van der Waals surface area contributed by atoms with Crippen LogP contribution in [0.1, 0.15) is 24.5 Å². The zero-order valence-corrected chi connectivity index (χ0v) is 13.9. The predicted octanol–water partition coefficient (Wildman–Crippen LogP) is 4.56. The van der Waals surface area contributed by atoms with Crippen molar-refractivity contribution in [3.8, 4) is 0 Å². The second kappa shape index (κ2) is 6.85. The maximum absolute atomic E-state index is 13.7. The summed E-state index contributed by atoms with van der Waals surface area (Å²) in [5.41, 5.74) is 2.53. The van der Waals surface area contributed by atoms with Gasteiger partial charge in [-0.2, -0.15) is 4.98 Å². The molecule has 1 aromatic heterocycles. The smallest absolute Gasteiger partial charge is 0.224 e. The second-order valence-corrected chi connectivity index (χ2v) is 5.71. The molecule has 6 heteroatoms. The molecular weight excluding hydrogens is 335 g/mol. The van der Waals surface area contributed by atoms with Gasteiger partial charge < -0.3 is 10.6 Å². The largest absolute Gasteiger partial charge is 0.354 e. The Bertz CT molecular complexity index is 646. The Balaban J connectivity index is 2.28. The number of rotatable bonds is 5. The van der Waals surface area contributed by atoms with Crippen LogP contribution < -0.4 is 10.6 Å². The number of nitrogens with zero attached hydrogens (tertiary/aromatic N) is 2. The zero-order valence-electron chi connectivity index (χ0n) is 12.3. The zero-order chi connectivity index (χ0) is 15.4. The van der Waals surface area contributed by atoms with E-state index in [1.54, 1.807) is 12.3 Å². The van der Waals surface area contributed by atoms with Crippen LogP contribution in [-0.4, -0.2) is 16.5 Å². The lowest BCUT2D eigenvalue weighted by molar-refractivity contribution is 0.621. The van der Waals surface area contributed by atoms with E-state index in [1.807, 2.05) is 13.8 Å². The first-order valence-electron chi connectivity index (χ1n) is 6.81. The van der Waals surface area contributed by atoms with Crippen LogP contribution in [0.2, 0.25) is 0 Å². The SMILES string of the molecule is CCCNc1ncc(C)c(Nc2cc(F)c(Br)cc2C)n1. The Morgan fingerprint density at radius 2 is 2.00 bits per heavy atom. The average Bonchev–Trinajstić information content (AvgIpc) is 2.45. The number of aryl methyl sites for hydroxylation is 2. The number of halogens is 2. The lowest BCUT2D eigenvalue weighted by Gasteiger charge is -2.13. The van der Waals surface area contributed by atoms with E-state index in [2.05, 4.69) is 43.5 Å². The second-order valence-electron chi connectivity index (χ2n) is 4.86. The number of hydrogen-bond donors (Lipinski definition) is 2. The van der Waals surface area contributed by atoms with Gasteiger partial charge in [-0.15, -0.1) is 0 Å². The topological polar surface area (TPSA) is 49.8 Å². The maximum Gasteiger partial charge on any atom is 0.224 e. The molecule has 2 aromatic rings. The molecule has 0 radical (unpaired) electrons. The van der Waals surface area contributed by atoms with Gasteiger partial charge in [0, 0.05) is 24.0 Å². The number of hydrogen-bond acceptors (Lipinski definition) is 4. The van der Waals surface area contributed by atoms with E-state index in [9.17, 15) is 4.39 Å². The van der Waals surface area contributed by atoms with Crippen LogP contribution in [0.3, 0.4) is 0 Å². The molecule has 1 aromatic carbocycles. The summed E-state index contributed by atoms with van der Waals surface area (Å²) < 4.78 is 14.1. The van der Waals surface area contributed by atoms with Gasteiger partial charge in [0.05, 0.1) is 4.47 Å². The summed E-state index contributed by atoms with van der Waals surface area (Å²) in [6.07, 6.45) is 2.74. The third-order valence-corrected chi connectivity index (χ3v) is 3.63. The van der Waals surface area contributed by atoms with E-state index in [0.717, 1.165) is 24.1 Å². The number of aromatic nitrogens is 2. The quantitative estimate of drug-likeness (QED) is 0.827. The average molecular weight is 353 g/mol. The molecule has 0 bridgehead atoms. The molecule has 0 aliphatic rings. The van der Waals surface area contributed by atoms with Gasteiger partial charge in [-0.25, -0.2) is 9.37 Å².